The molecule has 0 heterocycles. The fraction of sp³-hybridized carbons (Fsp3) is 0.222. The van der Waals surface area contributed by atoms with Gasteiger partial charge in [-0.2, -0.15) is 0 Å². The Kier molecular flexibility index (Phi) is 3.00. The summed E-state index contributed by atoms with van der Waals surface area (Å²) in [6, 6.07) is 6.16. The van der Waals surface area contributed by atoms with Gasteiger partial charge < -0.3 is 14.9 Å². The van der Waals surface area contributed by atoms with Gasteiger partial charge >= 0.3 is 5.97 Å². The first kappa shape index (κ1) is 9.70. The summed E-state index contributed by atoms with van der Waals surface area (Å²) in [5.74, 6) is -0.580. The molecule has 0 amide bonds. The molecule has 4 heteroatoms. The van der Waals surface area contributed by atoms with Crippen molar-refractivity contribution in [3.05, 3.63) is 35.4 Å². The summed E-state index contributed by atoms with van der Waals surface area (Å²) in [6.07, 6.45) is -1.66. The Morgan fingerprint density at radius 1 is 1.38 bits per heavy atom. The summed E-state index contributed by atoms with van der Waals surface area (Å²) in [5, 5.41) is 17.8. The Labute approximate surface area is 75.4 Å². The molecule has 1 aromatic rings. The average Bonchev–Trinajstić information content (AvgIpc) is 2.16. The summed E-state index contributed by atoms with van der Waals surface area (Å²) >= 11 is 0. The van der Waals surface area contributed by atoms with Crippen LogP contribution in [0.5, 0.6) is 0 Å². The Balaban J connectivity index is 3.12. The van der Waals surface area contributed by atoms with Crippen LogP contribution in [0.2, 0.25) is 0 Å². The number of carbonyl (C=O) groups is 1. The van der Waals surface area contributed by atoms with Crippen LogP contribution in [0.3, 0.4) is 0 Å². The molecule has 0 aliphatic heterocycles. The maximum absolute atomic E-state index is 11.1. The number of aliphatic hydroxyl groups excluding tert-OH is 1. The Morgan fingerprint density at radius 3 is 2.54 bits per heavy atom. The number of hydrogen-bond acceptors (Lipinski definition) is 4. The number of carbonyl (C=O) groups excluding carboxylic acids is 1. The van der Waals surface area contributed by atoms with Crippen molar-refractivity contribution in [2.45, 2.75) is 6.29 Å². The lowest BCUT2D eigenvalue weighted by molar-refractivity contribution is -0.0433. The molecule has 0 aliphatic rings. The molecular weight excluding hydrogens is 172 g/mol. The molecular formula is C9H10O4. The molecule has 0 aliphatic carbocycles. The van der Waals surface area contributed by atoms with E-state index in [1.165, 1.54) is 19.2 Å². The van der Waals surface area contributed by atoms with Gasteiger partial charge in [0.15, 0.2) is 6.29 Å². The standard InChI is InChI=1S/C9H10O4/c1-13-9(12)7-5-3-2-4-6(7)8(10)11/h2-5,8,10-11H,1H3. The Morgan fingerprint density at radius 2 is 2.00 bits per heavy atom. The largest absolute Gasteiger partial charge is 0.465 e. The van der Waals surface area contributed by atoms with Crippen molar-refractivity contribution in [2.24, 2.45) is 0 Å². The third kappa shape index (κ3) is 2.05. The smallest absolute Gasteiger partial charge is 0.338 e. The van der Waals surface area contributed by atoms with Crippen LogP contribution in [0.1, 0.15) is 22.2 Å². The normalized spacial score (nSPS) is 10.2. The molecule has 0 saturated heterocycles. The Hall–Kier alpha value is -1.39. The molecule has 4 nitrogen and oxygen atoms in total. The monoisotopic (exact) mass is 182 g/mol. The minimum atomic E-state index is -1.66. The molecule has 1 rings (SSSR count). The van der Waals surface area contributed by atoms with E-state index in [0.717, 1.165) is 0 Å². The van der Waals surface area contributed by atoms with Crippen molar-refractivity contribution in [3.63, 3.8) is 0 Å². The van der Waals surface area contributed by atoms with Gasteiger partial charge in [0, 0.05) is 5.56 Å². The minimum absolute atomic E-state index is 0.148. The zero-order valence-electron chi connectivity index (χ0n) is 7.10. The van der Waals surface area contributed by atoms with Gasteiger partial charge in [0.2, 0.25) is 0 Å². The van der Waals surface area contributed by atoms with E-state index >= 15 is 0 Å². The van der Waals surface area contributed by atoms with Gasteiger partial charge in [0.05, 0.1) is 12.7 Å². The molecule has 0 fully saturated rings. The zero-order chi connectivity index (χ0) is 9.84. The van der Waals surface area contributed by atoms with Crippen molar-refractivity contribution in [1.29, 1.82) is 0 Å². The SMILES string of the molecule is COC(=O)c1ccccc1C(O)O. The van der Waals surface area contributed by atoms with Crippen molar-refractivity contribution in [1.82, 2.24) is 0 Å². The number of hydrogen-bond donors (Lipinski definition) is 2. The van der Waals surface area contributed by atoms with Crippen molar-refractivity contribution < 1.29 is 19.7 Å². The fourth-order valence-corrected chi connectivity index (χ4v) is 1.02. The van der Waals surface area contributed by atoms with E-state index in [9.17, 15) is 4.79 Å². The van der Waals surface area contributed by atoms with Gasteiger partial charge in [-0.05, 0) is 6.07 Å². The van der Waals surface area contributed by atoms with Crippen LogP contribution < -0.4 is 0 Å². The predicted octanol–water partition coefficient (Wildman–Crippen LogP) is 0.456. The van der Waals surface area contributed by atoms with E-state index in [2.05, 4.69) is 4.74 Å². The lowest BCUT2D eigenvalue weighted by Crippen LogP contribution is -2.08. The number of aliphatic hydroxyl groups is 2. The molecule has 0 radical (unpaired) electrons. The fourth-order valence-electron chi connectivity index (χ4n) is 1.02. The van der Waals surface area contributed by atoms with Crippen molar-refractivity contribution in [3.8, 4) is 0 Å². The van der Waals surface area contributed by atoms with E-state index in [-0.39, 0.29) is 11.1 Å². The second kappa shape index (κ2) is 4.02. The predicted molar refractivity (Wildman–Crippen MR) is 45.0 cm³/mol. The van der Waals surface area contributed by atoms with Crippen molar-refractivity contribution in [2.75, 3.05) is 7.11 Å². The van der Waals surface area contributed by atoms with Crippen LogP contribution in [0, 0.1) is 0 Å². The first-order valence-electron chi connectivity index (χ1n) is 3.70. The summed E-state index contributed by atoms with van der Waals surface area (Å²) in [4.78, 5) is 11.1. The highest BCUT2D eigenvalue weighted by Gasteiger charge is 2.14. The van der Waals surface area contributed by atoms with Gasteiger partial charge in [-0.1, -0.05) is 18.2 Å². The minimum Gasteiger partial charge on any atom is -0.465 e. The van der Waals surface area contributed by atoms with Gasteiger partial charge in [-0.25, -0.2) is 4.79 Å². The highest BCUT2D eigenvalue weighted by molar-refractivity contribution is 5.91. The molecule has 0 aromatic heterocycles. The Bertz CT molecular complexity index is 306. The molecule has 0 bridgehead atoms. The topological polar surface area (TPSA) is 66.8 Å². The highest BCUT2D eigenvalue weighted by atomic mass is 16.5. The molecule has 13 heavy (non-hydrogen) atoms. The maximum Gasteiger partial charge on any atom is 0.338 e. The molecule has 70 valence electrons. The quantitative estimate of drug-likeness (QED) is 0.515. The van der Waals surface area contributed by atoms with E-state index in [0.29, 0.717) is 0 Å². The van der Waals surface area contributed by atoms with Gasteiger partial charge in [0.1, 0.15) is 0 Å². The zero-order valence-corrected chi connectivity index (χ0v) is 7.10. The number of esters is 1. The van der Waals surface area contributed by atoms with Crippen LogP contribution in [0.4, 0.5) is 0 Å². The van der Waals surface area contributed by atoms with Gasteiger partial charge in [0.25, 0.3) is 0 Å². The first-order chi connectivity index (χ1) is 6.16. The van der Waals surface area contributed by atoms with E-state index in [4.69, 9.17) is 10.2 Å². The lowest BCUT2D eigenvalue weighted by atomic mass is 10.1. The lowest BCUT2D eigenvalue weighted by Gasteiger charge is -2.08. The summed E-state index contributed by atoms with van der Waals surface area (Å²) in [5.41, 5.74) is 0.314. The third-order valence-electron chi connectivity index (χ3n) is 1.64. The van der Waals surface area contributed by atoms with Crippen LogP contribution >= 0.6 is 0 Å². The molecule has 0 saturated carbocycles. The number of benzene rings is 1. The molecule has 0 spiro atoms. The van der Waals surface area contributed by atoms with Crippen LogP contribution in [0.25, 0.3) is 0 Å². The van der Waals surface area contributed by atoms with E-state index in [1.54, 1.807) is 12.1 Å². The number of rotatable bonds is 2. The first-order valence-corrected chi connectivity index (χ1v) is 3.70. The van der Waals surface area contributed by atoms with Crippen LogP contribution in [0.15, 0.2) is 24.3 Å². The average molecular weight is 182 g/mol. The molecule has 0 atom stereocenters. The van der Waals surface area contributed by atoms with Gasteiger partial charge in [-0.15, -0.1) is 0 Å². The van der Waals surface area contributed by atoms with Crippen LogP contribution in [-0.4, -0.2) is 23.3 Å². The molecule has 0 unspecified atom stereocenters. The second-order valence-corrected chi connectivity index (χ2v) is 2.45. The van der Waals surface area contributed by atoms with Crippen molar-refractivity contribution >= 4 is 5.97 Å². The number of methoxy groups -OCH3 is 1. The third-order valence-corrected chi connectivity index (χ3v) is 1.64. The summed E-state index contributed by atoms with van der Waals surface area (Å²) < 4.78 is 4.47. The highest BCUT2D eigenvalue weighted by Crippen LogP contribution is 2.16. The summed E-state index contributed by atoms with van der Waals surface area (Å²) in [7, 11) is 1.24. The number of ether oxygens (including phenoxy) is 1. The molecule has 2 N–H and O–H groups in total. The maximum atomic E-state index is 11.1. The molecule has 1 aromatic carbocycles. The van der Waals surface area contributed by atoms with E-state index < -0.39 is 12.3 Å². The van der Waals surface area contributed by atoms with Gasteiger partial charge in [-0.3, -0.25) is 0 Å². The van der Waals surface area contributed by atoms with Crippen LogP contribution in [-0.2, 0) is 4.74 Å². The second-order valence-electron chi connectivity index (χ2n) is 2.45. The van der Waals surface area contributed by atoms with E-state index in [1.807, 2.05) is 0 Å². The summed E-state index contributed by atoms with van der Waals surface area (Å²) in [6.45, 7) is 0.